The quantitative estimate of drug-likeness (QED) is 0.922. The lowest BCUT2D eigenvalue weighted by atomic mass is 10.0. The monoisotopic (exact) mass is 352 g/mol. The van der Waals surface area contributed by atoms with Crippen molar-refractivity contribution < 1.29 is 14.0 Å². The second-order valence-electron chi connectivity index (χ2n) is 7.25. The molecular weight excluding hydrogens is 331 g/mol. The molecule has 0 radical (unpaired) electrons. The lowest BCUT2D eigenvalue weighted by Crippen LogP contribution is -2.47. The van der Waals surface area contributed by atoms with Crippen molar-refractivity contribution in [3.8, 4) is 0 Å². The van der Waals surface area contributed by atoms with Crippen LogP contribution in [0.4, 0.5) is 4.39 Å². The molecule has 134 valence electrons. The van der Waals surface area contributed by atoms with Crippen LogP contribution in [0.3, 0.4) is 0 Å². The van der Waals surface area contributed by atoms with Crippen LogP contribution in [0.25, 0.3) is 0 Å². The average Bonchev–Trinajstić information content (AvgIpc) is 3.24. The van der Waals surface area contributed by atoms with Crippen molar-refractivity contribution in [2.45, 2.75) is 31.8 Å². The summed E-state index contributed by atoms with van der Waals surface area (Å²) < 4.78 is 13.8. The Hall–Kier alpha value is -2.69. The molecular formula is C21H21FN2O2. The molecule has 1 aliphatic carbocycles. The summed E-state index contributed by atoms with van der Waals surface area (Å²) in [7, 11) is 0. The second-order valence-corrected chi connectivity index (χ2v) is 7.25. The molecule has 2 bridgehead atoms. The van der Waals surface area contributed by atoms with Crippen LogP contribution in [-0.2, 0) is 0 Å². The van der Waals surface area contributed by atoms with Crippen LogP contribution in [-0.4, -0.2) is 35.3 Å². The Morgan fingerprint density at radius 2 is 1.85 bits per heavy atom. The number of benzene rings is 2. The highest BCUT2D eigenvalue weighted by molar-refractivity contribution is 5.95. The number of aryl methyl sites for hydroxylation is 1. The van der Waals surface area contributed by atoms with E-state index in [2.05, 4.69) is 5.32 Å². The Morgan fingerprint density at radius 3 is 2.50 bits per heavy atom. The van der Waals surface area contributed by atoms with Gasteiger partial charge >= 0.3 is 0 Å². The fraction of sp³-hybridized carbons (Fsp3) is 0.333. The number of fused-ring (bicyclic) bond motifs is 2. The van der Waals surface area contributed by atoms with Crippen LogP contribution in [0.1, 0.15) is 39.1 Å². The summed E-state index contributed by atoms with van der Waals surface area (Å²) >= 11 is 0. The molecule has 0 unspecified atom stereocenters. The van der Waals surface area contributed by atoms with Gasteiger partial charge in [-0.15, -0.1) is 0 Å². The fourth-order valence-electron chi connectivity index (χ4n) is 4.11. The zero-order chi connectivity index (χ0) is 18.3. The first-order chi connectivity index (χ1) is 12.5. The maximum Gasteiger partial charge on any atom is 0.254 e. The zero-order valence-corrected chi connectivity index (χ0v) is 14.6. The van der Waals surface area contributed by atoms with Gasteiger partial charge in [0.2, 0.25) is 0 Å². The van der Waals surface area contributed by atoms with Crippen LogP contribution in [0.5, 0.6) is 0 Å². The first-order valence-corrected chi connectivity index (χ1v) is 8.96. The van der Waals surface area contributed by atoms with Crippen LogP contribution in [0, 0.1) is 18.7 Å². The zero-order valence-electron chi connectivity index (χ0n) is 14.6. The molecule has 4 rings (SSSR count). The fourth-order valence-corrected chi connectivity index (χ4v) is 4.11. The molecule has 3 atom stereocenters. The van der Waals surface area contributed by atoms with Gasteiger partial charge in [0.25, 0.3) is 11.8 Å². The molecule has 5 heteroatoms. The van der Waals surface area contributed by atoms with E-state index in [1.807, 2.05) is 23.1 Å². The SMILES string of the molecule is Cc1ccc(C(=O)N2C[C@@H]3C[C@H]2C[C@@H]3NC(=O)c2ccccc2)cc1F. The van der Waals surface area contributed by atoms with E-state index in [0.29, 0.717) is 23.2 Å². The highest BCUT2D eigenvalue weighted by atomic mass is 19.1. The van der Waals surface area contributed by atoms with Gasteiger partial charge in [0.05, 0.1) is 0 Å². The van der Waals surface area contributed by atoms with E-state index in [9.17, 15) is 14.0 Å². The van der Waals surface area contributed by atoms with Gasteiger partial charge in [0, 0.05) is 29.8 Å². The van der Waals surface area contributed by atoms with Gasteiger partial charge in [0.1, 0.15) is 5.82 Å². The average molecular weight is 352 g/mol. The molecule has 2 aromatic carbocycles. The number of likely N-dealkylation sites (tertiary alicyclic amines) is 1. The molecule has 2 fully saturated rings. The van der Waals surface area contributed by atoms with Crippen LogP contribution >= 0.6 is 0 Å². The molecule has 0 aromatic heterocycles. The minimum Gasteiger partial charge on any atom is -0.349 e. The van der Waals surface area contributed by atoms with E-state index in [4.69, 9.17) is 0 Å². The Kier molecular flexibility index (Phi) is 4.23. The molecule has 4 nitrogen and oxygen atoms in total. The maximum absolute atomic E-state index is 13.8. The van der Waals surface area contributed by atoms with E-state index < -0.39 is 0 Å². The van der Waals surface area contributed by atoms with E-state index in [0.717, 1.165) is 12.8 Å². The van der Waals surface area contributed by atoms with Crippen molar-refractivity contribution in [1.82, 2.24) is 10.2 Å². The minimum absolute atomic E-state index is 0.0679. The number of rotatable bonds is 3. The standard InChI is InChI=1S/C21H21FN2O2/c1-13-7-8-15(10-18(13)22)21(26)24-12-16-9-17(24)11-19(16)23-20(25)14-5-3-2-4-6-14/h2-8,10,16-17,19H,9,11-12H2,1H3,(H,23,25)/t16-,17-,19-/m0/s1. The molecule has 1 heterocycles. The number of carbonyl (C=O) groups is 2. The Morgan fingerprint density at radius 1 is 1.08 bits per heavy atom. The smallest absolute Gasteiger partial charge is 0.254 e. The van der Waals surface area contributed by atoms with Crippen molar-refractivity contribution in [1.29, 1.82) is 0 Å². The van der Waals surface area contributed by atoms with Gasteiger partial charge in [-0.2, -0.15) is 0 Å². The summed E-state index contributed by atoms with van der Waals surface area (Å²) in [4.78, 5) is 26.9. The van der Waals surface area contributed by atoms with Crippen molar-refractivity contribution in [3.63, 3.8) is 0 Å². The molecule has 1 N–H and O–H groups in total. The summed E-state index contributed by atoms with van der Waals surface area (Å²) in [5.74, 6) is -0.286. The molecule has 26 heavy (non-hydrogen) atoms. The highest BCUT2D eigenvalue weighted by Gasteiger charge is 2.47. The normalized spacial score (nSPS) is 23.9. The van der Waals surface area contributed by atoms with Crippen molar-refractivity contribution in [2.75, 3.05) is 6.54 Å². The Balaban J connectivity index is 1.41. The summed E-state index contributed by atoms with van der Waals surface area (Å²) in [6.45, 7) is 2.29. The van der Waals surface area contributed by atoms with Crippen LogP contribution in [0.15, 0.2) is 48.5 Å². The third kappa shape index (κ3) is 2.98. The molecule has 2 amide bonds. The number of amides is 2. The topological polar surface area (TPSA) is 49.4 Å². The third-order valence-electron chi connectivity index (χ3n) is 5.57. The minimum atomic E-state index is -0.354. The van der Waals surface area contributed by atoms with Gasteiger partial charge in [-0.25, -0.2) is 4.39 Å². The summed E-state index contributed by atoms with van der Waals surface area (Å²) in [6, 6.07) is 14.0. The molecule has 0 spiro atoms. The third-order valence-corrected chi connectivity index (χ3v) is 5.57. The van der Waals surface area contributed by atoms with E-state index in [-0.39, 0.29) is 35.6 Å². The Bertz CT molecular complexity index is 852. The predicted octanol–water partition coefficient (Wildman–Crippen LogP) is 3.17. The van der Waals surface area contributed by atoms with Gasteiger partial charge in [-0.1, -0.05) is 24.3 Å². The maximum atomic E-state index is 13.8. The molecule has 1 saturated heterocycles. The highest BCUT2D eigenvalue weighted by Crippen LogP contribution is 2.38. The van der Waals surface area contributed by atoms with Crippen molar-refractivity contribution in [3.05, 3.63) is 71.0 Å². The van der Waals surface area contributed by atoms with Gasteiger partial charge in [-0.05, 0) is 55.5 Å². The molecule has 1 saturated carbocycles. The van der Waals surface area contributed by atoms with Gasteiger partial charge < -0.3 is 10.2 Å². The number of hydrogen-bond donors (Lipinski definition) is 1. The number of nitrogens with zero attached hydrogens (tertiary/aromatic N) is 1. The van der Waals surface area contributed by atoms with E-state index >= 15 is 0 Å². The van der Waals surface area contributed by atoms with E-state index in [1.54, 1.807) is 31.2 Å². The number of halogens is 1. The Labute approximate surface area is 152 Å². The lowest BCUT2D eigenvalue weighted by Gasteiger charge is -2.32. The molecule has 2 aliphatic rings. The number of carbonyl (C=O) groups excluding carboxylic acids is 2. The summed E-state index contributed by atoms with van der Waals surface area (Å²) in [5, 5.41) is 3.11. The predicted molar refractivity (Wildman–Crippen MR) is 96.4 cm³/mol. The molecule has 2 aromatic rings. The molecule has 1 aliphatic heterocycles. The number of nitrogens with one attached hydrogen (secondary N) is 1. The number of hydrogen-bond acceptors (Lipinski definition) is 2. The second kappa shape index (κ2) is 6.56. The van der Waals surface area contributed by atoms with E-state index in [1.165, 1.54) is 6.07 Å². The number of piperidine rings is 1. The van der Waals surface area contributed by atoms with Crippen LogP contribution in [0.2, 0.25) is 0 Å². The van der Waals surface area contributed by atoms with Gasteiger partial charge in [-0.3, -0.25) is 9.59 Å². The summed E-state index contributed by atoms with van der Waals surface area (Å²) in [5.41, 5.74) is 1.58. The lowest BCUT2D eigenvalue weighted by molar-refractivity contribution is 0.0679. The summed E-state index contributed by atoms with van der Waals surface area (Å²) in [6.07, 6.45) is 1.64. The van der Waals surface area contributed by atoms with Gasteiger partial charge in [0.15, 0.2) is 0 Å². The first-order valence-electron chi connectivity index (χ1n) is 8.96. The van der Waals surface area contributed by atoms with Crippen LogP contribution < -0.4 is 5.32 Å². The van der Waals surface area contributed by atoms with Crippen molar-refractivity contribution >= 4 is 11.8 Å². The first kappa shape index (κ1) is 16.8. The largest absolute Gasteiger partial charge is 0.349 e. The van der Waals surface area contributed by atoms with Crippen molar-refractivity contribution in [2.24, 2.45) is 5.92 Å².